The number of sulfone groups is 1. The molecule has 2 aromatic rings. The van der Waals surface area contributed by atoms with E-state index in [1.807, 2.05) is 31.2 Å². The fraction of sp³-hybridized carbons (Fsp3) is 0.348. The van der Waals surface area contributed by atoms with Crippen molar-refractivity contribution in [1.29, 1.82) is 0 Å². The molecule has 1 aliphatic heterocycles. The van der Waals surface area contributed by atoms with E-state index in [1.165, 1.54) is 18.0 Å². The lowest BCUT2D eigenvalue weighted by Crippen LogP contribution is -2.09. The van der Waals surface area contributed by atoms with Crippen molar-refractivity contribution < 1.29 is 17.9 Å². The van der Waals surface area contributed by atoms with Crippen molar-refractivity contribution in [3.63, 3.8) is 0 Å². The first-order chi connectivity index (χ1) is 15.2. The number of aryl methyl sites for hydroxylation is 1. The Morgan fingerprint density at radius 2 is 1.88 bits per heavy atom. The van der Waals surface area contributed by atoms with Gasteiger partial charge in [0.05, 0.1) is 22.8 Å². The third kappa shape index (κ3) is 5.98. The number of benzene rings is 1. The van der Waals surface area contributed by atoms with Crippen LogP contribution in [0.15, 0.2) is 41.3 Å². The van der Waals surface area contributed by atoms with Crippen LogP contribution in [0.4, 0.5) is 11.5 Å². The average molecular weight is 474 g/mol. The fourth-order valence-electron chi connectivity index (χ4n) is 3.24. The minimum Gasteiger partial charge on any atom is -0.466 e. The molecule has 0 radical (unpaired) electrons. The van der Waals surface area contributed by atoms with Crippen molar-refractivity contribution in [2.24, 2.45) is 0 Å². The topological polar surface area (TPSA) is 98.2 Å². The molecular formula is C23H27N3O4S2. The van der Waals surface area contributed by atoms with Crippen LogP contribution in [0, 0.1) is 6.92 Å². The number of nitrogens with zero attached hydrogens (tertiary/aromatic N) is 2. The first kappa shape index (κ1) is 24.0. The largest absolute Gasteiger partial charge is 0.466 e. The summed E-state index contributed by atoms with van der Waals surface area (Å²) in [5.74, 6) is 1.40. The molecule has 32 heavy (non-hydrogen) atoms. The number of allylic oxidation sites excluding steroid dienone is 2. The zero-order valence-electron chi connectivity index (χ0n) is 18.6. The molecular weight excluding hydrogens is 446 g/mol. The van der Waals surface area contributed by atoms with E-state index in [0.29, 0.717) is 28.9 Å². The third-order valence-electron chi connectivity index (χ3n) is 4.93. The number of aromatic nitrogens is 2. The number of ether oxygens (including phenoxy) is 1. The van der Waals surface area contributed by atoms with Crippen LogP contribution in [-0.2, 0) is 32.2 Å². The molecule has 0 bridgehead atoms. The molecule has 1 aromatic heterocycles. The molecule has 7 nitrogen and oxygen atoms in total. The van der Waals surface area contributed by atoms with Crippen LogP contribution in [0.3, 0.4) is 0 Å². The molecule has 0 aliphatic carbocycles. The van der Waals surface area contributed by atoms with E-state index in [9.17, 15) is 13.2 Å². The Morgan fingerprint density at radius 1 is 1.16 bits per heavy atom. The van der Waals surface area contributed by atoms with Crippen LogP contribution in [0.5, 0.6) is 0 Å². The SMILES string of the molecule is CCOC(=O)Cc1ccc(Nc2nc(C3=CC=C(S(C)(=O)=O)CS3)nc(C)c2CC)cc1. The number of thioether (sulfide) groups is 1. The van der Waals surface area contributed by atoms with Crippen molar-refractivity contribution in [3.05, 3.63) is 64.0 Å². The van der Waals surface area contributed by atoms with Gasteiger partial charge >= 0.3 is 5.97 Å². The Labute approximate surface area is 193 Å². The number of carbonyl (C=O) groups excluding carboxylic acids is 1. The van der Waals surface area contributed by atoms with Crippen LogP contribution >= 0.6 is 11.8 Å². The maximum atomic E-state index is 11.8. The first-order valence-corrected chi connectivity index (χ1v) is 13.2. The van der Waals surface area contributed by atoms with Gasteiger partial charge in [0.25, 0.3) is 0 Å². The molecule has 2 heterocycles. The highest BCUT2D eigenvalue weighted by molar-refractivity contribution is 8.09. The number of carbonyl (C=O) groups is 1. The van der Waals surface area contributed by atoms with E-state index in [1.54, 1.807) is 19.1 Å². The summed E-state index contributed by atoms with van der Waals surface area (Å²) in [6, 6.07) is 7.58. The molecule has 0 atom stereocenters. The van der Waals surface area contributed by atoms with E-state index in [0.717, 1.165) is 33.8 Å². The maximum absolute atomic E-state index is 11.8. The lowest BCUT2D eigenvalue weighted by molar-refractivity contribution is -0.142. The molecule has 0 saturated carbocycles. The van der Waals surface area contributed by atoms with Crippen LogP contribution < -0.4 is 5.32 Å². The Bertz CT molecular complexity index is 1170. The maximum Gasteiger partial charge on any atom is 0.310 e. The van der Waals surface area contributed by atoms with E-state index in [4.69, 9.17) is 9.72 Å². The van der Waals surface area contributed by atoms with Gasteiger partial charge in [-0.2, -0.15) is 0 Å². The predicted molar refractivity (Wildman–Crippen MR) is 130 cm³/mol. The molecule has 1 aliphatic rings. The normalized spacial score (nSPS) is 13.9. The minimum atomic E-state index is -3.20. The summed E-state index contributed by atoms with van der Waals surface area (Å²) >= 11 is 1.42. The van der Waals surface area contributed by atoms with Crippen LogP contribution in [0.25, 0.3) is 4.91 Å². The van der Waals surface area contributed by atoms with Crippen molar-refractivity contribution in [2.45, 2.75) is 33.6 Å². The lowest BCUT2D eigenvalue weighted by Gasteiger charge is -2.17. The number of esters is 1. The van der Waals surface area contributed by atoms with E-state index in [-0.39, 0.29) is 12.4 Å². The average Bonchev–Trinajstić information content (AvgIpc) is 2.74. The van der Waals surface area contributed by atoms with Gasteiger partial charge in [-0.05, 0) is 50.1 Å². The summed E-state index contributed by atoms with van der Waals surface area (Å²) in [7, 11) is -3.20. The molecule has 0 saturated heterocycles. The Hall–Kier alpha value is -2.65. The van der Waals surface area contributed by atoms with Crippen LogP contribution in [0.1, 0.15) is 36.5 Å². The number of nitrogens with one attached hydrogen (secondary N) is 1. The minimum absolute atomic E-state index is 0.236. The highest BCUT2D eigenvalue weighted by Crippen LogP contribution is 2.34. The first-order valence-electron chi connectivity index (χ1n) is 10.3. The third-order valence-corrected chi connectivity index (χ3v) is 7.43. The Balaban J connectivity index is 1.86. The van der Waals surface area contributed by atoms with Gasteiger partial charge in [-0.25, -0.2) is 18.4 Å². The quantitative estimate of drug-likeness (QED) is 0.569. The van der Waals surface area contributed by atoms with Crippen molar-refractivity contribution in [1.82, 2.24) is 9.97 Å². The Morgan fingerprint density at radius 3 is 2.44 bits per heavy atom. The fourth-order valence-corrected chi connectivity index (χ4v) is 5.36. The number of anilines is 2. The molecule has 0 spiro atoms. The highest BCUT2D eigenvalue weighted by atomic mass is 32.2. The standard InChI is InChI=1S/C23H27N3O4S2/c1-5-19-15(3)24-23(20-12-11-18(14-31-20)32(4,28)29)26-22(19)25-17-9-7-16(8-10-17)13-21(27)30-6-2/h7-12H,5-6,13-14H2,1-4H3,(H,24,25,26). The van der Waals surface area contributed by atoms with Gasteiger partial charge in [0, 0.05) is 29.0 Å². The van der Waals surface area contributed by atoms with Gasteiger partial charge in [0.2, 0.25) is 0 Å². The van der Waals surface area contributed by atoms with Crippen molar-refractivity contribution in [3.8, 4) is 0 Å². The van der Waals surface area contributed by atoms with E-state index >= 15 is 0 Å². The van der Waals surface area contributed by atoms with Gasteiger partial charge in [-0.3, -0.25) is 4.79 Å². The molecule has 0 amide bonds. The summed E-state index contributed by atoms with van der Waals surface area (Å²) < 4.78 is 28.5. The monoisotopic (exact) mass is 473 g/mol. The summed E-state index contributed by atoms with van der Waals surface area (Å²) in [6.07, 6.45) is 5.61. The van der Waals surface area contributed by atoms with E-state index < -0.39 is 9.84 Å². The van der Waals surface area contributed by atoms with Gasteiger partial charge in [0.15, 0.2) is 15.7 Å². The summed E-state index contributed by atoms with van der Waals surface area (Å²) in [6.45, 7) is 6.16. The second kappa shape index (κ2) is 10.3. The summed E-state index contributed by atoms with van der Waals surface area (Å²) in [4.78, 5) is 22.3. The van der Waals surface area contributed by atoms with Crippen LogP contribution in [-0.4, -0.2) is 43.0 Å². The zero-order valence-corrected chi connectivity index (χ0v) is 20.3. The van der Waals surface area contributed by atoms with Gasteiger partial charge < -0.3 is 10.1 Å². The summed E-state index contributed by atoms with van der Waals surface area (Å²) in [5.41, 5.74) is 3.61. The molecule has 170 valence electrons. The molecule has 3 rings (SSSR count). The van der Waals surface area contributed by atoms with Crippen LogP contribution in [0.2, 0.25) is 0 Å². The molecule has 0 fully saturated rings. The zero-order chi connectivity index (χ0) is 23.3. The second-order valence-electron chi connectivity index (χ2n) is 7.34. The van der Waals surface area contributed by atoms with E-state index in [2.05, 4.69) is 17.2 Å². The number of hydrogen-bond acceptors (Lipinski definition) is 8. The van der Waals surface area contributed by atoms with Gasteiger partial charge in [-0.1, -0.05) is 19.1 Å². The second-order valence-corrected chi connectivity index (χ2v) is 10.4. The highest BCUT2D eigenvalue weighted by Gasteiger charge is 2.19. The smallest absolute Gasteiger partial charge is 0.310 e. The molecule has 9 heteroatoms. The molecule has 1 aromatic carbocycles. The predicted octanol–water partition coefficient (Wildman–Crippen LogP) is 4.21. The Kier molecular flexibility index (Phi) is 7.73. The van der Waals surface area contributed by atoms with Crippen molar-refractivity contribution in [2.75, 3.05) is 23.9 Å². The van der Waals surface area contributed by atoms with Gasteiger partial charge in [0.1, 0.15) is 5.82 Å². The summed E-state index contributed by atoms with van der Waals surface area (Å²) in [5, 5.41) is 3.37. The molecule has 0 unspecified atom stereocenters. The lowest BCUT2D eigenvalue weighted by atomic mass is 10.1. The molecule has 1 N–H and O–H groups in total. The van der Waals surface area contributed by atoms with Gasteiger partial charge in [-0.15, -0.1) is 11.8 Å². The van der Waals surface area contributed by atoms with Crippen molar-refractivity contribution >= 4 is 44.0 Å². The number of rotatable bonds is 8. The number of hydrogen-bond donors (Lipinski definition) is 1.